The quantitative estimate of drug-likeness (QED) is 0.797. The molecule has 0 aliphatic heterocycles. The molecule has 0 amide bonds. The summed E-state index contributed by atoms with van der Waals surface area (Å²) in [7, 11) is 0. The molecule has 1 aliphatic rings. The Labute approximate surface area is 105 Å². The highest BCUT2D eigenvalue weighted by Crippen LogP contribution is 2.36. The van der Waals surface area contributed by atoms with Crippen LogP contribution in [0.1, 0.15) is 40.0 Å². The number of rotatable bonds is 6. The first-order valence-corrected chi connectivity index (χ1v) is 6.16. The summed E-state index contributed by atoms with van der Waals surface area (Å²) in [5.41, 5.74) is -0.628. The summed E-state index contributed by atoms with van der Waals surface area (Å²) in [5.74, 6) is -1.13. The number of hydrogen-bond donors (Lipinski definition) is 1. The Bertz CT molecular complexity index is 335. The summed E-state index contributed by atoms with van der Waals surface area (Å²) in [6.45, 7) is 4.76. The van der Waals surface area contributed by atoms with Gasteiger partial charge in [0.25, 0.3) is 6.43 Å². The van der Waals surface area contributed by atoms with E-state index in [1.54, 1.807) is 0 Å². The molecule has 0 spiro atoms. The van der Waals surface area contributed by atoms with Gasteiger partial charge in [0.2, 0.25) is 5.78 Å². The first kappa shape index (κ1) is 14.4. The summed E-state index contributed by atoms with van der Waals surface area (Å²) in [6, 6.07) is 0.385. The van der Waals surface area contributed by atoms with Gasteiger partial charge in [0.05, 0.1) is 10.4 Å². The van der Waals surface area contributed by atoms with Crippen LogP contribution < -0.4 is 5.32 Å². The molecule has 0 atom stereocenters. The Morgan fingerprint density at radius 3 is 2.35 bits per heavy atom. The van der Waals surface area contributed by atoms with E-state index in [2.05, 4.69) is 5.32 Å². The van der Waals surface area contributed by atoms with Gasteiger partial charge >= 0.3 is 0 Å². The third kappa shape index (κ3) is 3.41. The van der Waals surface area contributed by atoms with Gasteiger partial charge in [-0.05, 0) is 33.1 Å². The van der Waals surface area contributed by atoms with Gasteiger partial charge in [0, 0.05) is 11.7 Å². The van der Waals surface area contributed by atoms with Gasteiger partial charge in [-0.2, -0.15) is 0 Å². The minimum absolute atomic E-state index is 0.206. The Hall–Kier alpha value is -0.640. The molecule has 0 bridgehead atoms. The molecule has 1 rings (SSSR count). The fourth-order valence-electron chi connectivity index (χ4n) is 1.55. The van der Waals surface area contributed by atoms with Gasteiger partial charge in [-0.3, -0.25) is 4.79 Å². The lowest BCUT2D eigenvalue weighted by molar-refractivity contribution is -0.136. The molecular weight excluding hydrogens is 248 g/mol. The smallest absolute Gasteiger partial charge is 0.296 e. The highest BCUT2D eigenvalue weighted by molar-refractivity contribution is 6.32. The Kier molecular flexibility index (Phi) is 4.53. The van der Waals surface area contributed by atoms with E-state index in [4.69, 9.17) is 11.6 Å². The first-order valence-electron chi connectivity index (χ1n) is 5.78. The minimum Gasteiger partial charge on any atom is -0.385 e. The number of hydrogen-bond acceptors (Lipinski definition) is 2. The van der Waals surface area contributed by atoms with Crippen molar-refractivity contribution in [3.05, 3.63) is 10.7 Å². The van der Waals surface area contributed by atoms with Crippen molar-refractivity contribution in [1.29, 1.82) is 0 Å². The fourth-order valence-corrected chi connectivity index (χ4v) is 1.83. The van der Waals surface area contributed by atoms with Crippen LogP contribution in [-0.4, -0.2) is 18.3 Å². The zero-order valence-electron chi connectivity index (χ0n) is 10.3. The largest absolute Gasteiger partial charge is 0.385 e. The van der Waals surface area contributed by atoms with E-state index in [0.29, 0.717) is 18.2 Å². The SMILES string of the molecule is CCC(NC1CC1)=C(Cl)C(C)(C)C(=O)C(F)F. The normalized spacial score (nSPS) is 18.1. The van der Waals surface area contributed by atoms with Crippen LogP contribution in [0.25, 0.3) is 0 Å². The topological polar surface area (TPSA) is 29.1 Å². The van der Waals surface area contributed by atoms with Crippen LogP contribution in [0.2, 0.25) is 0 Å². The molecule has 0 radical (unpaired) electrons. The van der Waals surface area contributed by atoms with Crippen molar-refractivity contribution in [1.82, 2.24) is 5.32 Å². The monoisotopic (exact) mass is 265 g/mol. The molecule has 2 nitrogen and oxygen atoms in total. The highest BCUT2D eigenvalue weighted by Gasteiger charge is 2.38. The second kappa shape index (κ2) is 5.34. The highest BCUT2D eigenvalue weighted by atomic mass is 35.5. The van der Waals surface area contributed by atoms with E-state index in [1.807, 2.05) is 6.92 Å². The molecule has 1 aliphatic carbocycles. The van der Waals surface area contributed by atoms with Crippen molar-refractivity contribution in [3.8, 4) is 0 Å². The fraction of sp³-hybridized carbons (Fsp3) is 0.750. The summed E-state index contributed by atoms with van der Waals surface area (Å²) in [4.78, 5) is 11.4. The Morgan fingerprint density at radius 1 is 1.47 bits per heavy atom. The molecule has 1 fully saturated rings. The lowest BCUT2D eigenvalue weighted by Crippen LogP contribution is -2.33. The van der Waals surface area contributed by atoms with Crippen molar-refractivity contribution < 1.29 is 13.6 Å². The minimum atomic E-state index is -2.99. The van der Waals surface area contributed by atoms with Crippen LogP contribution in [0.15, 0.2) is 10.7 Å². The van der Waals surface area contributed by atoms with Crippen LogP contribution >= 0.6 is 11.6 Å². The number of allylic oxidation sites excluding steroid dienone is 2. The third-order valence-corrected chi connectivity index (χ3v) is 3.64. The zero-order valence-corrected chi connectivity index (χ0v) is 11.1. The summed E-state index contributed by atoms with van der Waals surface area (Å²) in [6.07, 6.45) is -0.249. The van der Waals surface area contributed by atoms with Gasteiger partial charge in [-0.1, -0.05) is 18.5 Å². The molecule has 1 N–H and O–H groups in total. The molecule has 98 valence electrons. The van der Waals surface area contributed by atoms with Gasteiger partial charge in [0.1, 0.15) is 0 Å². The molecule has 0 aromatic heterocycles. The van der Waals surface area contributed by atoms with Crippen molar-refractivity contribution in [3.63, 3.8) is 0 Å². The average molecular weight is 266 g/mol. The number of halogens is 3. The molecule has 0 aromatic carbocycles. The van der Waals surface area contributed by atoms with Gasteiger partial charge in [-0.15, -0.1) is 0 Å². The van der Waals surface area contributed by atoms with E-state index in [9.17, 15) is 13.6 Å². The zero-order chi connectivity index (χ0) is 13.2. The van der Waals surface area contributed by atoms with E-state index < -0.39 is 17.6 Å². The Balaban J connectivity index is 2.92. The number of carbonyl (C=O) groups is 1. The second-order valence-electron chi connectivity index (χ2n) is 4.85. The maximum absolute atomic E-state index is 12.5. The maximum atomic E-state index is 12.5. The molecule has 0 unspecified atom stereocenters. The van der Waals surface area contributed by atoms with E-state index in [-0.39, 0.29) is 5.03 Å². The van der Waals surface area contributed by atoms with Gasteiger partial charge < -0.3 is 5.32 Å². The average Bonchev–Trinajstić information content (AvgIpc) is 3.07. The van der Waals surface area contributed by atoms with Crippen molar-refractivity contribution in [2.45, 2.75) is 52.5 Å². The van der Waals surface area contributed by atoms with Gasteiger partial charge in [-0.25, -0.2) is 8.78 Å². The van der Waals surface area contributed by atoms with E-state index >= 15 is 0 Å². The van der Waals surface area contributed by atoms with Crippen LogP contribution in [-0.2, 0) is 4.79 Å². The third-order valence-electron chi connectivity index (χ3n) is 2.94. The van der Waals surface area contributed by atoms with Crippen LogP contribution in [0.4, 0.5) is 8.78 Å². The first-order chi connectivity index (χ1) is 7.80. The molecule has 5 heteroatoms. The van der Waals surface area contributed by atoms with E-state index in [0.717, 1.165) is 12.8 Å². The number of alkyl halides is 2. The van der Waals surface area contributed by atoms with Crippen LogP contribution in [0.3, 0.4) is 0 Å². The van der Waals surface area contributed by atoms with Gasteiger partial charge in [0.15, 0.2) is 0 Å². The predicted molar refractivity (Wildman–Crippen MR) is 64.1 cm³/mol. The maximum Gasteiger partial charge on any atom is 0.296 e. The summed E-state index contributed by atoms with van der Waals surface area (Å²) in [5, 5.41) is 3.40. The molecule has 0 heterocycles. The molecule has 0 aromatic rings. The standard InChI is InChI=1S/C12H18ClF2NO/c1-4-8(16-7-5-6-7)9(13)12(2,3)10(17)11(14)15/h7,11,16H,4-6H2,1-3H3. The van der Waals surface area contributed by atoms with Crippen LogP contribution in [0, 0.1) is 5.41 Å². The molecule has 1 saturated carbocycles. The summed E-state index contributed by atoms with van der Waals surface area (Å²) >= 11 is 6.11. The lowest BCUT2D eigenvalue weighted by Gasteiger charge is -2.25. The van der Waals surface area contributed by atoms with Crippen LogP contribution in [0.5, 0.6) is 0 Å². The molecular formula is C12H18ClF2NO. The molecule has 0 saturated heterocycles. The number of Topliss-reactive ketones (excluding diaryl/α,β-unsaturated/α-hetero) is 1. The van der Waals surface area contributed by atoms with Crippen molar-refractivity contribution in [2.24, 2.45) is 5.41 Å². The predicted octanol–water partition coefficient (Wildman–Crippen LogP) is 3.46. The van der Waals surface area contributed by atoms with Crippen molar-refractivity contribution in [2.75, 3.05) is 0 Å². The van der Waals surface area contributed by atoms with Crippen molar-refractivity contribution >= 4 is 17.4 Å². The number of ketones is 1. The second-order valence-corrected chi connectivity index (χ2v) is 5.23. The number of nitrogens with one attached hydrogen (secondary N) is 1. The lowest BCUT2D eigenvalue weighted by atomic mass is 9.86. The Morgan fingerprint density at radius 2 is 2.00 bits per heavy atom. The molecule has 17 heavy (non-hydrogen) atoms. The number of carbonyl (C=O) groups excluding carboxylic acids is 1. The van der Waals surface area contributed by atoms with E-state index in [1.165, 1.54) is 13.8 Å². The summed E-state index contributed by atoms with van der Waals surface area (Å²) < 4.78 is 25.0.